The van der Waals surface area contributed by atoms with Crippen molar-refractivity contribution in [2.24, 2.45) is 0 Å². The Morgan fingerprint density at radius 1 is 1.55 bits per heavy atom. The van der Waals surface area contributed by atoms with Gasteiger partial charge in [-0.1, -0.05) is 6.07 Å². The van der Waals surface area contributed by atoms with Crippen molar-refractivity contribution in [1.82, 2.24) is 15.2 Å². The number of aromatic nitrogens is 1. The molecule has 1 aliphatic rings. The Kier molecular flexibility index (Phi) is 5.21. The van der Waals surface area contributed by atoms with Gasteiger partial charge in [0.1, 0.15) is 0 Å². The summed E-state index contributed by atoms with van der Waals surface area (Å²) in [5, 5.41) is 2.96. The number of piperidine rings is 1. The molecule has 2 amide bonds. The first-order chi connectivity index (χ1) is 9.72. The summed E-state index contributed by atoms with van der Waals surface area (Å²) >= 11 is 0. The van der Waals surface area contributed by atoms with Crippen molar-refractivity contribution >= 4 is 6.03 Å². The van der Waals surface area contributed by atoms with E-state index in [-0.39, 0.29) is 6.03 Å². The zero-order valence-electron chi connectivity index (χ0n) is 12.3. The maximum Gasteiger partial charge on any atom is 0.317 e. The molecule has 1 saturated heterocycles. The molecule has 5 nitrogen and oxygen atoms in total. The molecular formula is C15H23N3O2. The minimum absolute atomic E-state index is 0.00324. The number of urea groups is 1. The lowest BCUT2D eigenvalue weighted by Crippen LogP contribution is -2.47. The van der Waals surface area contributed by atoms with Gasteiger partial charge in [-0.3, -0.25) is 0 Å². The molecule has 1 fully saturated rings. The molecule has 2 rings (SSSR count). The van der Waals surface area contributed by atoms with Crippen molar-refractivity contribution in [3.05, 3.63) is 23.9 Å². The van der Waals surface area contributed by atoms with E-state index in [9.17, 15) is 4.79 Å². The molecule has 1 atom stereocenters. The van der Waals surface area contributed by atoms with E-state index in [1.54, 1.807) is 6.20 Å². The first-order valence-corrected chi connectivity index (χ1v) is 7.33. The Morgan fingerprint density at radius 2 is 2.40 bits per heavy atom. The lowest BCUT2D eigenvalue weighted by Gasteiger charge is -2.33. The number of amides is 2. The molecule has 0 radical (unpaired) electrons. The maximum atomic E-state index is 12.2. The van der Waals surface area contributed by atoms with E-state index in [4.69, 9.17) is 4.74 Å². The van der Waals surface area contributed by atoms with Crippen LogP contribution in [0, 0.1) is 0 Å². The molecule has 20 heavy (non-hydrogen) atoms. The number of likely N-dealkylation sites (tertiary alicyclic amines) is 1. The highest BCUT2D eigenvalue weighted by Gasteiger charge is 2.22. The van der Waals surface area contributed by atoms with Gasteiger partial charge in [-0.05, 0) is 39.2 Å². The van der Waals surface area contributed by atoms with E-state index >= 15 is 0 Å². The van der Waals surface area contributed by atoms with Crippen molar-refractivity contribution in [1.29, 1.82) is 0 Å². The monoisotopic (exact) mass is 277 g/mol. The van der Waals surface area contributed by atoms with E-state index in [0.29, 0.717) is 25.1 Å². The van der Waals surface area contributed by atoms with E-state index in [1.807, 2.05) is 24.0 Å². The number of nitrogens with one attached hydrogen (secondary N) is 1. The molecular weight excluding hydrogens is 254 g/mol. The number of rotatable bonds is 4. The molecule has 110 valence electrons. The number of ether oxygens (including phenoxy) is 1. The summed E-state index contributed by atoms with van der Waals surface area (Å²) in [5.74, 6) is 0.599. The Bertz CT molecular complexity index is 450. The molecule has 0 aliphatic carbocycles. The molecule has 0 bridgehead atoms. The molecule has 1 N–H and O–H groups in total. The van der Waals surface area contributed by atoms with Crippen LogP contribution >= 0.6 is 0 Å². The summed E-state index contributed by atoms with van der Waals surface area (Å²) in [4.78, 5) is 18.3. The minimum atomic E-state index is 0.00324. The molecule has 5 heteroatoms. The van der Waals surface area contributed by atoms with Crippen LogP contribution in [0.5, 0.6) is 5.88 Å². The lowest BCUT2D eigenvalue weighted by atomic mass is 10.0. The van der Waals surface area contributed by atoms with Crippen LogP contribution in [0.2, 0.25) is 0 Å². The molecule has 1 aliphatic heterocycles. The van der Waals surface area contributed by atoms with Gasteiger partial charge in [0.15, 0.2) is 0 Å². The van der Waals surface area contributed by atoms with Crippen LogP contribution in [-0.2, 0) is 6.54 Å². The Balaban J connectivity index is 1.92. The summed E-state index contributed by atoms with van der Waals surface area (Å²) in [6.45, 7) is 5.89. The number of hydrogen-bond acceptors (Lipinski definition) is 3. The third-order valence-electron chi connectivity index (χ3n) is 3.62. The molecule has 0 aromatic carbocycles. The second-order valence-electron chi connectivity index (χ2n) is 5.10. The van der Waals surface area contributed by atoms with Crippen LogP contribution in [-0.4, -0.2) is 35.1 Å². The molecule has 0 spiro atoms. The van der Waals surface area contributed by atoms with E-state index in [0.717, 1.165) is 24.9 Å². The summed E-state index contributed by atoms with van der Waals surface area (Å²) in [5.41, 5.74) is 0.910. The average Bonchev–Trinajstić information content (AvgIpc) is 2.47. The number of hydrogen-bond donors (Lipinski definition) is 1. The third-order valence-corrected chi connectivity index (χ3v) is 3.62. The largest absolute Gasteiger partial charge is 0.478 e. The molecule has 1 aromatic heterocycles. The van der Waals surface area contributed by atoms with Gasteiger partial charge in [-0.2, -0.15) is 0 Å². The van der Waals surface area contributed by atoms with Gasteiger partial charge in [0, 0.05) is 30.9 Å². The Morgan fingerprint density at radius 3 is 3.15 bits per heavy atom. The maximum absolute atomic E-state index is 12.2. The van der Waals surface area contributed by atoms with Gasteiger partial charge < -0.3 is 15.0 Å². The van der Waals surface area contributed by atoms with Crippen LogP contribution in [0.25, 0.3) is 0 Å². The number of carbonyl (C=O) groups is 1. The standard InChI is InChI=1S/C15H23N3O2/c1-3-20-14-13(8-6-9-16-14)11-17-15(19)18-10-5-4-7-12(18)2/h6,8-9,12H,3-5,7,10-11H2,1-2H3,(H,17,19). The van der Waals surface area contributed by atoms with E-state index in [1.165, 1.54) is 6.42 Å². The lowest BCUT2D eigenvalue weighted by molar-refractivity contribution is 0.157. The highest BCUT2D eigenvalue weighted by Crippen LogP contribution is 2.17. The second kappa shape index (κ2) is 7.12. The van der Waals surface area contributed by atoms with Gasteiger partial charge in [0.05, 0.1) is 6.61 Å². The van der Waals surface area contributed by atoms with Gasteiger partial charge in [-0.25, -0.2) is 9.78 Å². The summed E-state index contributed by atoms with van der Waals surface area (Å²) in [6, 6.07) is 4.11. The highest BCUT2D eigenvalue weighted by atomic mass is 16.5. The summed E-state index contributed by atoms with van der Waals surface area (Å²) in [7, 11) is 0. The minimum Gasteiger partial charge on any atom is -0.478 e. The molecule has 1 unspecified atom stereocenters. The van der Waals surface area contributed by atoms with Crippen molar-refractivity contribution in [2.45, 2.75) is 45.7 Å². The van der Waals surface area contributed by atoms with Crippen LogP contribution in [0.4, 0.5) is 4.79 Å². The van der Waals surface area contributed by atoms with Gasteiger partial charge in [0.2, 0.25) is 5.88 Å². The molecule has 0 saturated carbocycles. The van der Waals surface area contributed by atoms with Crippen LogP contribution < -0.4 is 10.1 Å². The smallest absolute Gasteiger partial charge is 0.317 e. The predicted molar refractivity (Wildman–Crippen MR) is 77.7 cm³/mol. The zero-order valence-corrected chi connectivity index (χ0v) is 12.3. The van der Waals surface area contributed by atoms with Crippen molar-refractivity contribution < 1.29 is 9.53 Å². The van der Waals surface area contributed by atoms with Crippen LogP contribution in [0.3, 0.4) is 0 Å². The third kappa shape index (κ3) is 3.62. The SMILES string of the molecule is CCOc1ncccc1CNC(=O)N1CCCCC1C. The van der Waals surface area contributed by atoms with Gasteiger partial charge in [0.25, 0.3) is 0 Å². The quantitative estimate of drug-likeness (QED) is 0.920. The molecule has 1 aromatic rings. The number of carbonyl (C=O) groups excluding carboxylic acids is 1. The zero-order chi connectivity index (χ0) is 14.4. The van der Waals surface area contributed by atoms with Crippen molar-refractivity contribution in [3.63, 3.8) is 0 Å². The van der Waals surface area contributed by atoms with E-state index < -0.39 is 0 Å². The average molecular weight is 277 g/mol. The summed E-state index contributed by atoms with van der Waals surface area (Å²) in [6.07, 6.45) is 5.09. The van der Waals surface area contributed by atoms with E-state index in [2.05, 4.69) is 17.2 Å². The summed E-state index contributed by atoms with van der Waals surface area (Å²) < 4.78 is 5.46. The first-order valence-electron chi connectivity index (χ1n) is 7.33. The predicted octanol–water partition coefficient (Wildman–Crippen LogP) is 2.56. The first kappa shape index (κ1) is 14.6. The Hall–Kier alpha value is -1.78. The molecule has 2 heterocycles. The van der Waals surface area contributed by atoms with Gasteiger partial charge >= 0.3 is 6.03 Å². The Labute approximate surface area is 120 Å². The fourth-order valence-corrected chi connectivity index (χ4v) is 2.50. The topological polar surface area (TPSA) is 54.5 Å². The number of pyridine rings is 1. The highest BCUT2D eigenvalue weighted by molar-refractivity contribution is 5.74. The van der Waals surface area contributed by atoms with Crippen LogP contribution in [0.1, 0.15) is 38.7 Å². The number of nitrogens with zero attached hydrogens (tertiary/aromatic N) is 2. The fourth-order valence-electron chi connectivity index (χ4n) is 2.50. The van der Waals surface area contributed by atoms with Crippen molar-refractivity contribution in [2.75, 3.05) is 13.2 Å². The van der Waals surface area contributed by atoms with Crippen LogP contribution in [0.15, 0.2) is 18.3 Å². The van der Waals surface area contributed by atoms with Gasteiger partial charge in [-0.15, -0.1) is 0 Å². The van der Waals surface area contributed by atoms with Crippen molar-refractivity contribution in [3.8, 4) is 5.88 Å². The normalized spacial score (nSPS) is 18.7. The fraction of sp³-hybridized carbons (Fsp3) is 0.600. The second-order valence-corrected chi connectivity index (χ2v) is 5.10.